The second-order valence-electron chi connectivity index (χ2n) is 8.29. The van der Waals surface area contributed by atoms with E-state index >= 15 is 0 Å². The van der Waals surface area contributed by atoms with E-state index < -0.39 is 10.0 Å². The van der Waals surface area contributed by atoms with Gasteiger partial charge >= 0.3 is 0 Å². The molecule has 1 saturated heterocycles. The molecule has 0 atom stereocenters. The Morgan fingerprint density at radius 1 is 0.941 bits per heavy atom. The summed E-state index contributed by atoms with van der Waals surface area (Å²) in [7, 11) is -3.63. The molecular weight excluding hydrogens is 450 g/mol. The molecule has 34 heavy (non-hydrogen) atoms. The predicted molar refractivity (Wildman–Crippen MR) is 134 cm³/mol. The number of carbonyl (C=O) groups excluding carboxylic acids is 2. The Kier molecular flexibility index (Phi) is 7.09. The molecule has 0 unspecified atom stereocenters. The van der Waals surface area contributed by atoms with Gasteiger partial charge in [0.15, 0.2) is 0 Å². The van der Waals surface area contributed by atoms with E-state index in [2.05, 4.69) is 10.6 Å². The van der Waals surface area contributed by atoms with Crippen molar-refractivity contribution in [3.8, 4) is 0 Å². The van der Waals surface area contributed by atoms with E-state index in [1.807, 2.05) is 48.5 Å². The van der Waals surface area contributed by atoms with Crippen molar-refractivity contribution in [3.63, 3.8) is 0 Å². The van der Waals surface area contributed by atoms with E-state index in [0.717, 1.165) is 16.3 Å². The SMILES string of the molecule is CC(=O)Nc1ccc(S(=O)(=O)N2CCC(NC(=O)/C=C/c3cccc4ccccc34)CC2)cc1. The first-order valence-corrected chi connectivity index (χ1v) is 12.6. The molecule has 0 aliphatic carbocycles. The van der Waals surface area contributed by atoms with Crippen LogP contribution in [0, 0.1) is 0 Å². The molecule has 0 bridgehead atoms. The number of benzene rings is 3. The van der Waals surface area contributed by atoms with Crippen molar-refractivity contribution >= 4 is 44.4 Å². The lowest BCUT2D eigenvalue weighted by molar-refractivity contribution is -0.117. The third kappa shape index (κ3) is 5.52. The quantitative estimate of drug-likeness (QED) is 0.528. The summed E-state index contributed by atoms with van der Waals surface area (Å²) in [5, 5.41) is 7.81. The normalized spacial score (nSPS) is 15.4. The molecular formula is C26H27N3O4S. The molecule has 3 aromatic carbocycles. The Bertz CT molecular complexity index is 1320. The minimum absolute atomic E-state index is 0.0849. The number of nitrogens with zero attached hydrogens (tertiary/aromatic N) is 1. The molecule has 3 aromatic rings. The number of amides is 2. The van der Waals surface area contributed by atoms with Gasteiger partial charge in [0.1, 0.15) is 0 Å². The number of hydrogen-bond acceptors (Lipinski definition) is 4. The van der Waals surface area contributed by atoms with Crippen molar-refractivity contribution < 1.29 is 18.0 Å². The van der Waals surface area contributed by atoms with Crippen LogP contribution in [0.1, 0.15) is 25.3 Å². The third-order valence-electron chi connectivity index (χ3n) is 5.85. The highest BCUT2D eigenvalue weighted by Gasteiger charge is 2.29. The van der Waals surface area contributed by atoms with Gasteiger partial charge in [-0.2, -0.15) is 4.31 Å². The van der Waals surface area contributed by atoms with Crippen molar-refractivity contribution in [1.29, 1.82) is 0 Å². The fraction of sp³-hybridized carbons (Fsp3) is 0.231. The van der Waals surface area contributed by atoms with Crippen LogP contribution in [0.2, 0.25) is 0 Å². The summed E-state index contributed by atoms with van der Waals surface area (Å²) in [4.78, 5) is 23.8. The van der Waals surface area contributed by atoms with Crippen LogP contribution >= 0.6 is 0 Å². The summed E-state index contributed by atoms with van der Waals surface area (Å²) in [6, 6.07) is 20.0. The fourth-order valence-electron chi connectivity index (χ4n) is 4.11. The standard InChI is InChI=1S/C26H27N3O4S/c1-19(30)27-22-10-12-24(13-11-22)34(32,33)29-17-15-23(16-18-29)28-26(31)14-9-21-7-4-6-20-5-2-3-8-25(20)21/h2-14,23H,15-18H2,1H3,(H,27,30)(H,28,31)/b14-9+. The molecule has 2 N–H and O–H groups in total. The lowest BCUT2D eigenvalue weighted by atomic mass is 10.0. The average molecular weight is 478 g/mol. The van der Waals surface area contributed by atoms with Crippen LogP contribution in [0.4, 0.5) is 5.69 Å². The molecule has 176 valence electrons. The zero-order valence-corrected chi connectivity index (χ0v) is 19.7. The van der Waals surface area contributed by atoms with Gasteiger partial charge in [0.05, 0.1) is 4.90 Å². The largest absolute Gasteiger partial charge is 0.350 e. The predicted octanol–water partition coefficient (Wildman–Crippen LogP) is 3.78. The van der Waals surface area contributed by atoms with E-state index in [0.29, 0.717) is 31.6 Å². The highest BCUT2D eigenvalue weighted by molar-refractivity contribution is 7.89. The Hall–Kier alpha value is -3.49. The summed E-state index contributed by atoms with van der Waals surface area (Å²) >= 11 is 0. The summed E-state index contributed by atoms with van der Waals surface area (Å²) < 4.78 is 27.4. The van der Waals surface area contributed by atoms with Crippen LogP contribution in [0.15, 0.2) is 77.7 Å². The Balaban J connectivity index is 1.33. The van der Waals surface area contributed by atoms with Gasteiger partial charge < -0.3 is 10.6 Å². The lowest BCUT2D eigenvalue weighted by Gasteiger charge is -2.31. The molecule has 8 heteroatoms. The molecule has 7 nitrogen and oxygen atoms in total. The maximum atomic E-state index is 13.0. The monoisotopic (exact) mass is 477 g/mol. The van der Waals surface area contributed by atoms with Gasteiger partial charge in [-0.05, 0) is 59.5 Å². The van der Waals surface area contributed by atoms with Crippen molar-refractivity contribution in [2.24, 2.45) is 0 Å². The van der Waals surface area contributed by atoms with E-state index in [9.17, 15) is 18.0 Å². The minimum Gasteiger partial charge on any atom is -0.350 e. The van der Waals surface area contributed by atoms with Crippen molar-refractivity contribution in [3.05, 3.63) is 78.4 Å². The molecule has 2 amide bonds. The van der Waals surface area contributed by atoms with Crippen LogP contribution in [0.3, 0.4) is 0 Å². The van der Waals surface area contributed by atoms with Crippen LogP contribution in [-0.2, 0) is 19.6 Å². The number of sulfonamides is 1. The molecule has 0 saturated carbocycles. The topological polar surface area (TPSA) is 95.6 Å². The fourth-order valence-corrected chi connectivity index (χ4v) is 5.58. The summed E-state index contributed by atoms with van der Waals surface area (Å²) in [6.45, 7) is 2.05. The molecule has 0 spiro atoms. The van der Waals surface area contributed by atoms with Gasteiger partial charge in [0.2, 0.25) is 21.8 Å². The van der Waals surface area contributed by atoms with Crippen LogP contribution < -0.4 is 10.6 Å². The zero-order valence-electron chi connectivity index (χ0n) is 18.9. The zero-order chi connectivity index (χ0) is 24.1. The van der Waals surface area contributed by atoms with Gasteiger partial charge in [-0.1, -0.05) is 42.5 Å². The molecule has 1 heterocycles. The maximum Gasteiger partial charge on any atom is 0.244 e. The Labute approximate surface area is 199 Å². The van der Waals surface area contributed by atoms with Gasteiger partial charge in [-0.3, -0.25) is 9.59 Å². The highest BCUT2D eigenvalue weighted by Crippen LogP contribution is 2.23. The van der Waals surface area contributed by atoms with Crippen LogP contribution in [-0.4, -0.2) is 43.7 Å². The van der Waals surface area contributed by atoms with Gasteiger partial charge in [-0.15, -0.1) is 0 Å². The van der Waals surface area contributed by atoms with Crippen molar-refractivity contribution in [2.75, 3.05) is 18.4 Å². The Morgan fingerprint density at radius 3 is 2.32 bits per heavy atom. The highest BCUT2D eigenvalue weighted by atomic mass is 32.2. The van der Waals surface area contributed by atoms with Gasteiger partial charge in [0.25, 0.3) is 0 Å². The third-order valence-corrected chi connectivity index (χ3v) is 7.76. The second-order valence-corrected chi connectivity index (χ2v) is 10.2. The first-order valence-electron chi connectivity index (χ1n) is 11.2. The van der Waals surface area contributed by atoms with Gasteiger partial charge in [0, 0.05) is 37.8 Å². The first kappa shape index (κ1) is 23.7. The number of hydrogen-bond donors (Lipinski definition) is 2. The Morgan fingerprint density at radius 2 is 1.62 bits per heavy atom. The molecule has 0 radical (unpaired) electrons. The number of carbonyl (C=O) groups is 2. The second kappa shape index (κ2) is 10.2. The van der Waals surface area contributed by atoms with Crippen molar-refractivity contribution in [1.82, 2.24) is 9.62 Å². The molecule has 1 aliphatic heterocycles. The summed E-state index contributed by atoms with van der Waals surface area (Å²) in [6.07, 6.45) is 4.41. The molecule has 1 fully saturated rings. The molecule has 1 aliphatic rings. The van der Waals surface area contributed by atoms with E-state index in [4.69, 9.17) is 0 Å². The van der Waals surface area contributed by atoms with Crippen LogP contribution in [0.25, 0.3) is 16.8 Å². The lowest BCUT2D eigenvalue weighted by Crippen LogP contribution is -2.46. The van der Waals surface area contributed by atoms with E-state index in [1.165, 1.54) is 29.4 Å². The molecule has 4 rings (SSSR count). The van der Waals surface area contributed by atoms with Crippen LogP contribution in [0.5, 0.6) is 0 Å². The first-order chi connectivity index (χ1) is 16.3. The number of nitrogens with one attached hydrogen (secondary N) is 2. The van der Waals surface area contributed by atoms with Gasteiger partial charge in [-0.25, -0.2) is 8.42 Å². The van der Waals surface area contributed by atoms with E-state index in [1.54, 1.807) is 12.1 Å². The summed E-state index contributed by atoms with van der Waals surface area (Å²) in [5.74, 6) is -0.408. The smallest absolute Gasteiger partial charge is 0.244 e. The average Bonchev–Trinajstić information content (AvgIpc) is 2.83. The number of rotatable bonds is 6. The van der Waals surface area contributed by atoms with Crippen molar-refractivity contribution in [2.45, 2.75) is 30.7 Å². The summed E-state index contributed by atoms with van der Waals surface area (Å²) in [5.41, 5.74) is 1.52. The molecule has 0 aromatic heterocycles. The minimum atomic E-state index is -3.63. The number of fused-ring (bicyclic) bond motifs is 1. The maximum absolute atomic E-state index is 13.0. The number of piperidine rings is 1. The number of anilines is 1. The van der Waals surface area contributed by atoms with E-state index in [-0.39, 0.29) is 22.8 Å².